The number of halogens is 2. The third kappa shape index (κ3) is 4.97. The second-order valence-electron chi connectivity index (χ2n) is 9.64. The van der Waals surface area contributed by atoms with Gasteiger partial charge in [-0.25, -0.2) is 14.2 Å². The van der Waals surface area contributed by atoms with Crippen molar-refractivity contribution in [1.29, 1.82) is 0 Å². The monoisotopic (exact) mass is 547 g/mol. The van der Waals surface area contributed by atoms with Crippen LogP contribution in [0.3, 0.4) is 0 Å². The number of rotatable bonds is 5. The predicted molar refractivity (Wildman–Crippen MR) is 150 cm³/mol. The highest BCUT2D eigenvalue weighted by molar-refractivity contribution is 6.34. The summed E-state index contributed by atoms with van der Waals surface area (Å²) < 4.78 is 16.3. The Kier molecular flexibility index (Phi) is 7.10. The molecule has 3 heterocycles. The number of aromatic hydroxyl groups is 1. The third-order valence-electron chi connectivity index (χ3n) is 6.96. The average Bonchev–Trinajstić information content (AvgIpc) is 2.91. The van der Waals surface area contributed by atoms with Gasteiger partial charge in [-0.05, 0) is 43.7 Å². The summed E-state index contributed by atoms with van der Waals surface area (Å²) in [4.78, 5) is 38.4. The van der Waals surface area contributed by atoms with Gasteiger partial charge in [-0.1, -0.05) is 54.1 Å². The van der Waals surface area contributed by atoms with Crippen LogP contribution in [0.2, 0.25) is 5.02 Å². The van der Waals surface area contributed by atoms with Crippen molar-refractivity contribution in [2.45, 2.75) is 26.4 Å². The van der Waals surface area contributed by atoms with E-state index in [2.05, 4.69) is 16.5 Å². The molecule has 2 aromatic carbocycles. The molecule has 10 heteroatoms. The number of anilines is 1. The minimum atomic E-state index is -0.693. The van der Waals surface area contributed by atoms with Crippen LogP contribution in [0.15, 0.2) is 66.0 Å². The molecule has 1 aliphatic heterocycles. The zero-order chi connectivity index (χ0) is 27.8. The van der Waals surface area contributed by atoms with E-state index >= 15 is 0 Å². The van der Waals surface area contributed by atoms with Gasteiger partial charge < -0.3 is 14.9 Å². The molecule has 0 bridgehead atoms. The van der Waals surface area contributed by atoms with Gasteiger partial charge in [0.05, 0.1) is 28.2 Å². The van der Waals surface area contributed by atoms with Gasteiger partial charge in [-0.3, -0.25) is 9.36 Å². The first-order valence-corrected chi connectivity index (χ1v) is 12.9. The fourth-order valence-corrected chi connectivity index (χ4v) is 5.16. The lowest BCUT2D eigenvalue weighted by molar-refractivity contribution is -0.126. The molecule has 0 spiro atoms. The standard InChI is InChI=1S/C29H27ClFN5O3/c1-4-24(38)34-12-13-35(18(3)15-34)28-20-14-21(30)26(25-22(31)6-5-7-23(25)37)32-27(20)36(29(39)33-28)16-19-10-8-17(2)9-11-19/h4-11,14,18,37H,1,12-13,15-16H2,2-3H3/t18-/m0/s1. The topological polar surface area (TPSA) is 91.6 Å². The molecule has 0 unspecified atom stereocenters. The van der Waals surface area contributed by atoms with Gasteiger partial charge in [0, 0.05) is 25.7 Å². The van der Waals surface area contributed by atoms with Gasteiger partial charge >= 0.3 is 5.69 Å². The van der Waals surface area contributed by atoms with Gasteiger partial charge in [-0.2, -0.15) is 4.98 Å². The molecule has 1 fully saturated rings. The maximum atomic E-state index is 14.8. The minimum Gasteiger partial charge on any atom is -0.507 e. The van der Waals surface area contributed by atoms with E-state index in [0.717, 1.165) is 11.1 Å². The van der Waals surface area contributed by atoms with Gasteiger partial charge in [-0.15, -0.1) is 0 Å². The number of pyridine rings is 1. The first-order valence-electron chi connectivity index (χ1n) is 12.5. The van der Waals surface area contributed by atoms with E-state index in [4.69, 9.17) is 11.6 Å². The number of phenolic OH excluding ortho intramolecular Hbond substituents is 1. The van der Waals surface area contributed by atoms with Gasteiger partial charge in [0.15, 0.2) is 0 Å². The summed E-state index contributed by atoms with van der Waals surface area (Å²) in [6, 6.07) is 13.1. The number of hydrogen-bond acceptors (Lipinski definition) is 6. The highest BCUT2D eigenvalue weighted by Crippen LogP contribution is 2.38. The quantitative estimate of drug-likeness (QED) is 0.369. The molecule has 39 heavy (non-hydrogen) atoms. The van der Waals surface area contributed by atoms with Gasteiger partial charge in [0.25, 0.3) is 0 Å². The molecule has 1 N–H and O–H groups in total. The summed E-state index contributed by atoms with van der Waals surface area (Å²) >= 11 is 6.64. The van der Waals surface area contributed by atoms with Gasteiger partial charge in [0.1, 0.15) is 23.0 Å². The zero-order valence-electron chi connectivity index (χ0n) is 21.6. The van der Waals surface area contributed by atoms with E-state index in [0.29, 0.717) is 30.8 Å². The summed E-state index contributed by atoms with van der Waals surface area (Å²) in [5.74, 6) is -0.789. The number of carbonyl (C=O) groups is 1. The van der Waals surface area contributed by atoms with Crippen molar-refractivity contribution < 1.29 is 14.3 Å². The number of nitrogens with zero attached hydrogens (tertiary/aromatic N) is 5. The van der Waals surface area contributed by atoms with Crippen LogP contribution in [0.4, 0.5) is 10.2 Å². The molecule has 8 nitrogen and oxygen atoms in total. The normalized spacial score (nSPS) is 15.5. The van der Waals surface area contributed by atoms with E-state index in [1.165, 1.54) is 28.8 Å². The number of carbonyl (C=O) groups excluding carboxylic acids is 1. The summed E-state index contributed by atoms with van der Waals surface area (Å²) in [7, 11) is 0. The maximum Gasteiger partial charge on any atom is 0.351 e. The lowest BCUT2D eigenvalue weighted by atomic mass is 10.1. The molecule has 0 radical (unpaired) electrons. The fraction of sp³-hybridized carbons (Fsp3) is 0.241. The number of piperazine rings is 1. The molecule has 0 saturated carbocycles. The highest BCUT2D eigenvalue weighted by atomic mass is 35.5. The largest absolute Gasteiger partial charge is 0.507 e. The summed E-state index contributed by atoms with van der Waals surface area (Å²) in [6.45, 7) is 8.93. The molecule has 4 aromatic rings. The number of amides is 1. The second kappa shape index (κ2) is 10.5. The number of phenols is 1. The summed E-state index contributed by atoms with van der Waals surface area (Å²) in [5, 5.41) is 11.0. The molecule has 2 aromatic heterocycles. The number of benzene rings is 2. The lowest BCUT2D eigenvalue weighted by Gasteiger charge is -2.40. The van der Waals surface area contributed by atoms with Crippen LogP contribution >= 0.6 is 11.6 Å². The van der Waals surface area contributed by atoms with Crippen molar-refractivity contribution in [3.63, 3.8) is 0 Å². The SMILES string of the molecule is C=CC(=O)N1CCN(c2nc(=O)n(Cc3ccc(C)cc3)c3nc(-c4c(O)cccc4F)c(Cl)cc23)[C@@H](C)C1. The number of fused-ring (bicyclic) bond motifs is 1. The van der Waals surface area contributed by atoms with E-state index in [1.54, 1.807) is 11.0 Å². The van der Waals surface area contributed by atoms with Crippen molar-refractivity contribution in [3.8, 4) is 17.0 Å². The Hall–Kier alpha value is -4.24. The van der Waals surface area contributed by atoms with Crippen LogP contribution in [-0.2, 0) is 11.3 Å². The van der Waals surface area contributed by atoms with Crippen LogP contribution in [0.5, 0.6) is 5.75 Å². The zero-order valence-corrected chi connectivity index (χ0v) is 22.3. The van der Waals surface area contributed by atoms with Crippen LogP contribution in [0.25, 0.3) is 22.3 Å². The second-order valence-corrected chi connectivity index (χ2v) is 10.1. The Balaban J connectivity index is 1.71. The van der Waals surface area contributed by atoms with E-state index < -0.39 is 11.5 Å². The summed E-state index contributed by atoms with van der Waals surface area (Å²) in [6.07, 6.45) is 1.28. The van der Waals surface area contributed by atoms with Crippen LogP contribution in [0.1, 0.15) is 18.1 Å². The first-order chi connectivity index (χ1) is 18.7. The smallest absolute Gasteiger partial charge is 0.351 e. The lowest BCUT2D eigenvalue weighted by Crippen LogP contribution is -2.54. The summed E-state index contributed by atoms with van der Waals surface area (Å²) in [5.41, 5.74) is 1.52. The molecular formula is C29H27ClFN5O3. The van der Waals surface area contributed by atoms with Crippen LogP contribution in [0, 0.1) is 12.7 Å². The van der Waals surface area contributed by atoms with Crippen molar-refractivity contribution >= 4 is 34.4 Å². The Labute approximate surface area is 229 Å². The molecular weight excluding hydrogens is 521 g/mol. The Bertz CT molecular complexity index is 1630. The molecule has 1 atom stereocenters. The predicted octanol–water partition coefficient (Wildman–Crippen LogP) is 4.54. The van der Waals surface area contributed by atoms with Crippen molar-refractivity contribution in [1.82, 2.24) is 19.4 Å². The fourth-order valence-electron chi connectivity index (χ4n) is 4.91. The third-order valence-corrected chi connectivity index (χ3v) is 7.25. The Morgan fingerprint density at radius 3 is 2.62 bits per heavy atom. The van der Waals surface area contributed by atoms with E-state index in [1.807, 2.05) is 43.0 Å². The Morgan fingerprint density at radius 1 is 1.21 bits per heavy atom. The van der Waals surface area contributed by atoms with E-state index in [-0.39, 0.29) is 46.2 Å². The van der Waals surface area contributed by atoms with Crippen molar-refractivity contribution in [2.75, 3.05) is 24.5 Å². The molecule has 200 valence electrons. The van der Waals surface area contributed by atoms with Crippen LogP contribution < -0.4 is 10.6 Å². The highest BCUT2D eigenvalue weighted by Gasteiger charge is 2.30. The molecule has 0 aliphatic carbocycles. The van der Waals surface area contributed by atoms with Crippen molar-refractivity contribution in [2.24, 2.45) is 0 Å². The Morgan fingerprint density at radius 2 is 1.95 bits per heavy atom. The molecule has 1 aliphatic rings. The maximum absolute atomic E-state index is 14.8. The molecule has 1 saturated heterocycles. The van der Waals surface area contributed by atoms with Gasteiger partial charge in [0.2, 0.25) is 5.91 Å². The number of hydrogen-bond donors (Lipinski definition) is 1. The average molecular weight is 548 g/mol. The van der Waals surface area contributed by atoms with E-state index in [9.17, 15) is 19.1 Å². The molecule has 1 amide bonds. The van der Waals surface area contributed by atoms with Crippen molar-refractivity contribution in [3.05, 3.63) is 93.6 Å². The first kappa shape index (κ1) is 26.4. The number of aryl methyl sites for hydroxylation is 1. The van der Waals surface area contributed by atoms with Crippen LogP contribution in [-0.4, -0.2) is 56.1 Å². The number of aromatic nitrogens is 3. The minimum absolute atomic E-state index is 0.0171. The molecule has 5 rings (SSSR count).